The fourth-order valence-corrected chi connectivity index (χ4v) is 4.55. The van der Waals surface area contributed by atoms with Crippen molar-refractivity contribution < 1.29 is 34.3 Å². The lowest BCUT2D eigenvalue weighted by Gasteiger charge is -2.32. The Labute approximate surface area is 230 Å². The van der Waals surface area contributed by atoms with E-state index < -0.39 is 36.5 Å². The van der Waals surface area contributed by atoms with Crippen molar-refractivity contribution >= 4 is 12.0 Å². The molecular formula is C30H40N2O7. The van der Waals surface area contributed by atoms with Gasteiger partial charge in [-0.2, -0.15) is 0 Å². The van der Waals surface area contributed by atoms with E-state index in [1.807, 2.05) is 13.0 Å². The number of amides is 1. The third kappa shape index (κ3) is 8.31. The summed E-state index contributed by atoms with van der Waals surface area (Å²) >= 11 is 0. The molecule has 0 aromatic heterocycles. The smallest absolute Gasteiger partial charge is 0.247 e. The Morgan fingerprint density at radius 1 is 1.23 bits per heavy atom. The minimum absolute atomic E-state index is 0.124. The lowest BCUT2D eigenvalue weighted by molar-refractivity contribution is -0.121. The number of aromatic hydroxyl groups is 1. The number of hydrogen-bond donors (Lipinski definition) is 5. The molecule has 39 heavy (non-hydrogen) atoms. The molecule has 1 aromatic carbocycles. The van der Waals surface area contributed by atoms with Gasteiger partial charge in [-0.05, 0) is 87.1 Å². The van der Waals surface area contributed by atoms with E-state index in [1.165, 1.54) is 6.07 Å². The number of ether oxygens (including phenoxy) is 3. The first-order chi connectivity index (χ1) is 18.6. The van der Waals surface area contributed by atoms with E-state index in [-0.39, 0.29) is 17.6 Å². The van der Waals surface area contributed by atoms with Crippen molar-refractivity contribution in [3.05, 3.63) is 78.1 Å². The van der Waals surface area contributed by atoms with E-state index in [4.69, 9.17) is 19.9 Å². The van der Waals surface area contributed by atoms with E-state index in [9.17, 15) is 20.1 Å². The Morgan fingerprint density at radius 3 is 2.59 bits per heavy atom. The Hall–Kier alpha value is -3.37. The zero-order chi connectivity index (χ0) is 28.5. The van der Waals surface area contributed by atoms with Crippen LogP contribution in [0, 0.1) is 0 Å². The number of nitrogens with one attached hydrogen (secondary N) is 1. The maximum atomic E-state index is 12.6. The molecule has 3 rings (SSSR count). The monoisotopic (exact) mass is 540 g/mol. The predicted octanol–water partition coefficient (Wildman–Crippen LogP) is 3.23. The second-order valence-electron chi connectivity index (χ2n) is 9.90. The minimum Gasteiger partial charge on any atom is -0.504 e. The fraction of sp³-hybridized carbons (Fsp3) is 0.433. The minimum atomic E-state index is -0.785. The highest BCUT2D eigenvalue weighted by atomic mass is 16.7. The van der Waals surface area contributed by atoms with Gasteiger partial charge in [0.2, 0.25) is 12.2 Å². The molecule has 9 nitrogen and oxygen atoms in total. The molecule has 1 heterocycles. The van der Waals surface area contributed by atoms with Crippen LogP contribution in [0.1, 0.15) is 45.1 Å². The number of allylic oxidation sites excluding steroid dienone is 3. The molecule has 0 spiro atoms. The van der Waals surface area contributed by atoms with Crippen LogP contribution in [-0.4, -0.2) is 64.5 Å². The average Bonchev–Trinajstić information content (AvgIpc) is 3.27. The number of nitrogens with two attached hydrogens (primary N) is 1. The molecule has 1 saturated heterocycles. The van der Waals surface area contributed by atoms with Crippen molar-refractivity contribution in [1.82, 2.24) is 5.32 Å². The number of aliphatic hydroxyl groups excluding tert-OH is 2. The summed E-state index contributed by atoms with van der Waals surface area (Å²) in [4.78, 5) is 12.6. The van der Waals surface area contributed by atoms with Gasteiger partial charge in [-0.1, -0.05) is 25.3 Å². The van der Waals surface area contributed by atoms with Gasteiger partial charge in [0.1, 0.15) is 12.4 Å². The number of carbonyl (C=O) groups is 1. The molecule has 9 heteroatoms. The SMILES string of the molecule is C=C/C=C(\C=C)OC/C=C(\C)[C@@H]1CC(N)[C@H](Oc2ccc(/C=C(\C)C(=O)NC3[C@H](O)CCC[C@@H]3O)cc2O)O1. The molecule has 212 valence electrons. The molecule has 1 saturated carbocycles. The van der Waals surface area contributed by atoms with Crippen LogP contribution in [0.15, 0.2) is 72.6 Å². The third-order valence-electron chi connectivity index (χ3n) is 6.87. The highest BCUT2D eigenvalue weighted by Gasteiger charge is 2.36. The first-order valence-electron chi connectivity index (χ1n) is 13.1. The summed E-state index contributed by atoms with van der Waals surface area (Å²) in [6.45, 7) is 11.2. The predicted molar refractivity (Wildman–Crippen MR) is 150 cm³/mol. The van der Waals surface area contributed by atoms with Crippen molar-refractivity contribution in [2.24, 2.45) is 5.73 Å². The lowest BCUT2D eigenvalue weighted by Crippen LogP contribution is -2.53. The second-order valence-corrected chi connectivity index (χ2v) is 9.90. The highest BCUT2D eigenvalue weighted by molar-refractivity contribution is 5.97. The summed E-state index contributed by atoms with van der Waals surface area (Å²) in [5.74, 6) is 0.299. The summed E-state index contributed by atoms with van der Waals surface area (Å²) in [6.07, 6.45) is 8.21. The van der Waals surface area contributed by atoms with Gasteiger partial charge < -0.3 is 40.6 Å². The number of phenols is 1. The summed E-state index contributed by atoms with van der Waals surface area (Å²) < 4.78 is 17.5. The van der Waals surface area contributed by atoms with E-state index in [2.05, 4.69) is 18.5 Å². The molecule has 0 radical (unpaired) electrons. The van der Waals surface area contributed by atoms with Crippen LogP contribution >= 0.6 is 0 Å². The maximum Gasteiger partial charge on any atom is 0.247 e. The summed E-state index contributed by atoms with van der Waals surface area (Å²) in [5, 5.41) is 33.5. The second kappa shape index (κ2) is 14.1. The topological polar surface area (TPSA) is 144 Å². The number of aliphatic hydroxyl groups is 2. The first-order valence-corrected chi connectivity index (χ1v) is 13.1. The van der Waals surface area contributed by atoms with Crippen molar-refractivity contribution in [2.75, 3.05) is 6.61 Å². The summed E-state index contributed by atoms with van der Waals surface area (Å²) in [6, 6.07) is 3.65. The Bertz CT molecular complexity index is 1120. The quantitative estimate of drug-likeness (QED) is 0.125. The van der Waals surface area contributed by atoms with Gasteiger partial charge in [0.25, 0.3) is 0 Å². The van der Waals surface area contributed by atoms with Crippen LogP contribution < -0.4 is 15.8 Å². The molecule has 0 bridgehead atoms. The van der Waals surface area contributed by atoms with Crippen LogP contribution in [-0.2, 0) is 14.3 Å². The van der Waals surface area contributed by atoms with Gasteiger partial charge in [-0.15, -0.1) is 0 Å². The van der Waals surface area contributed by atoms with Gasteiger partial charge in [0, 0.05) is 5.57 Å². The van der Waals surface area contributed by atoms with E-state index in [0.717, 1.165) is 5.57 Å². The van der Waals surface area contributed by atoms with Crippen LogP contribution in [0.5, 0.6) is 11.5 Å². The van der Waals surface area contributed by atoms with Crippen molar-refractivity contribution in [3.8, 4) is 11.5 Å². The molecule has 6 N–H and O–H groups in total. The molecule has 1 amide bonds. The van der Waals surface area contributed by atoms with Crippen LogP contribution in [0.2, 0.25) is 0 Å². The van der Waals surface area contributed by atoms with E-state index in [0.29, 0.717) is 49.2 Å². The normalized spacial score (nSPS) is 28.1. The summed E-state index contributed by atoms with van der Waals surface area (Å²) in [5.41, 5.74) is 8.15. The maximum absolute atomic E-state index is 12.6. The molecule has 1 aliphatic heterocycles. The zero-order valence-electron chi connectivity index (χ0n) is 22.6. The molecule has 2 unspecified atom stereocenters. The van der Waals surface area contributed by atoms with Gasteiger partial charge >= 0.3 is 0 Å². The molecule has 6 atom stereocenters. The molecular weight excluding hydrogens is 500 g/mol. The average molecular weight is 541 g/mol. The molecule has 2 aliphatic rings. The first kappa shape index (κ1) is 30.2. The van der Waals surface area contributed by atoms with E-state index >= 15 is 0 Å². The van der Waals surface area contributed by atoms with Crippen molar-refractivity contribution in [2.45, 2.75) is 76.2 Å². The van der Waals surface area contributed by atoms with Gasteiger partial charge in [-0.25, -0.2) is 0 Å². The van der Waals surface area contributed by atoms with Crippen molar-refractivity contribution in [1.29, 1.82) is 0 Å². The lowest BCUT2D eigenvalue weighted by atomic mass is 9.89. The fourth-order valence-electron chi connectivity index (χ4n) is 4.55. The number of phenolic OH excluding ortho intramolecular Hbond substituents is 1. The standard InChI is InChI=1S/C30H40N2O7/c1-5-8-21(6-2)37-14-13-18(3)27-17-22(31)30(39-27)38-26-12-11-20(16-25(26)35)15-19(4)29(36)32-28-23(33)9-7-10-24(28)34/h5-6,8,11-13,15-16,22-24,27-28,30,33-35H,1-2,7,9-10,14,17,31H2,3-4H3,(H,32,36)/b18-13+,19-15+,21-8+/t22?,23-,24+,27-,28?,30+/m0/s1. The van der Waals surface area contributed by atoms with E-state index in [1.54, 1.807) is 43.4 Å². The molecule has 1 aliphatic carbocycles. The number of carbonyl (C=O) groups excluding carboxylic acids is 1. The summed E-state index contributed by atoms with van der Waals surface area (Å²) in [7, 11) is 0. The zero-order valence-corrected chi connectivity index (χ0v) is 22.6. The number of hydrogen-bond acceptors (Lipinski definition) is 8. The van der Waals surface area contributed by atoms with Crippen molar-refractivity contribution in [3.63, 3.8) is 0 Å². The molecule has 2 fully saturated rings. The number of rotatable bonds is 11. The highest BCUT2D eigenvalue weighted by Crippen LogP contribution is 2.33. The van der Waals surface area contributed by atoms with Gasteiger partial charge in [0.15, 0.2) is 11.5 Å². The van der Waals surface area contributed by atoms with Gasteiger partial charge in [0.05, 0.1) is 30.4 Å². The van der Waals surface area contributed by atoms with Gasteiger partial charge in [-0.3, -0.25) is 4.79 Å². The third-order valence-corrected chi connectivity index (χ3v) is 6.87. The number of benzene rings is 1. The Morgan fingerprint density at radius 2 is 1.95 bits per heavy atom. The van der Waals surface area contributed by atoms with Crippen LogP contribution in [0.3, 0.4) is 0 Å². The largest absolute Gasteiger partial charge is 0.504 e. The molecule has 1 aromatic rings. The van der Waals surface area contributed by atoms with Crippen LogP contribution in [0.4, 0.5) is 0 Å². The van der Waals surface area contributed by atoms with Crippen LogP contribution in [0.25, 0.3) is 6.08 Å². The Kier molecular flexibility index (Phi) is 10.9. The Balaban J connectivity index is 1.58.